The molecule has 0 saturated heterocycles. The van der Waals surface area contributed by atoms with Crippen molar-refractivity contribution in [1.29, 1.82) is 0 Å². The molecule has 0 aliphatic carbocycles. The maximum atomic E-state index is 12.6. The van der Waals surface area contributed by atoms with Gasteiger partial charge in [0.05, 0.1) is 0 Å². The molecule has 2 heteroatoms. The van der Waals surface area contributed by atoms with Gasteiger partial charge in [0.25, 0.3) is 0 Å². The maximum Gasteiger partial charge on any atom is 0.203 e. The van der Waals surface area contributed by atoms with E-state index in [1.54, 1.807) is 0 Å². The fraction of sp³-hybridized carbons (Fsp3) is 0.316. The van der Waals surface area contributed by atoms with Crippen molar-refractivity contribution in [2.75, 3.05) is 0 Å². The van der Waals surface area contributed by atoms with Gasteiger partial charge in [-0.25, -0.2) is 0 Å². The first-order valence-corrected chi connectivity index (χ1v) is 7.34. The fourth-order valence-corrected chi connectivity index (χ4v) is 2.65. The number of benzene rings is 2. The number of carbonyl (C=O) groups is 1. The van der Waals surface area contributed by atoms with Crippen LogP contribution in [0.25, 0.3) is 0 Å². The summed E-state index contributed by atoms with van der Waals surface area (Å²) >= 11 is 0. The molecule has 0 fully saturated rings. The van der Waals surface area contributed by atoms with Crippen molar-refractivity contribution in [3.63, 3.8) is 0 Å². The molecular weight excluding hydrogens is 260 g/mol. The van der Waals surface area contributed by atoms with Crippen molar-refractivity contribution in [2.24, 2.45) is 0 Å². The summed E-state index contributed by atoms with van der Waals surface area (Å²) in [5.41, 5.74) is 3.17. The van der Waals surface area contributed by atoms with Crippen LogP contribution >= 0.6 is 0 Å². The lowest BCUT2D eigenvalue weighted by molar-refractivity contribution is 0.0824. The van der Waals surface area contributed by atoms with Gasteiger partial charge in [-0.1, -0.05) is 63.2 Å². The summed E-state index contributed by atoms with van der Waals surface area (Å²) in [5, 5.41) is 0. The molecule has 1 heterocycles. The van der Waals surface area contributed by atoms with Gasteiger partial charge in [-0.15, -0.1) is 0 Å². The van der Waals surface area contributed by atoms with Crippen molar-refractivity contribution >= 4 is 5.78 Å². The van der Waals surface area contributed by atoms with Crippen LogP contribution in [0.1, 0.15) is 42.3 Å². The van der Waals surface area contributed by atoms with Gasteiger partial charge in [-0.3, -0.25) is 4.79 Å². The second-order valence-electron chi connectivity index (χ2n) is 6.61. The van der Waals surface area contributed by atoms with E-state index in [9.17, 15) is 4.79 Å². The zero-order valence-corrected chi connectivity index (χ0v) is 12.7. The van der Waals surface area contributed by atoms with E-state index in [2.05, 4.69) is 20.8 Å². The Balaban J connectivity index is 1.78. The van der Waals surface area contributed by atoms with Gasteiger partial charge in [-0.05, 0) is 22.6 Å². The predicted molar refractivity (Wildman–Crippen MR) is 84.0 cm³/mol. The van der Waals surface area contributed by atoms with Crippen LogP contribution < -0.4 is 4.74 Å². The first kappa shape index (κ1) is 13.9. The van der Waals surface area contributed by atoms with Crippen molar-refractivity contribution < 1.29 is 9.53 Å². The lowest BCUT2D eigenvalue weighted by Crippen LogP contribution is -2.25. The van der Waals surface area contributed by atoms with Crippen LogP contribution in [0.15, 0.2) is 48.5 Å². The van der Waals surface area contributed by atoms with Crippen LogP contribution in [-0.4, -0.2) is 11.9 Å². The second-order valence-corrected chi connectivity index (χ2v) is 6.61. The van der Waals surface area contributed by atoms with Crippen LogP contribution in [0.2, 0.25) is 0 Å². The Kier molecular flexibility index (Phi) is 3.32. The number of hydrogen-bond acceptors (Lipinski definition) is 2. The van der Waals surface area contributed by atoms with Crippen LogP contribution in [0.5, 0.6) is 5.75 Å². The van der Waals surface area contributed by atoms with E-state index in [1.807, 2.05) is 48.5 Å². The number of ether oxygens (including phenoxy) is 1. The topological polar surface area (TPSA) is 26.3 Å². The second kappa shape index (κ2) is 5.03. The lowest BCUT2D eigenvalue weighted by atomic mass is 9.86. The molecule has 2 nitrogen and oxygen atoms in total. The first-order chi connectivity index (χ1) is 9.95. The molecule has 108 valence electrons. The third-order valence-electron chi connectivity index (χ3n) is 3.98. The first-order valence-electron chi connectivity index (χ1n) is 7.34. The van der Waals surface area contributed by atoms with Crippen molar-refractivity contribution in [2.45, 2.75) is 38.7 Å². The van der Waals surface area contributed by atoms with E-state index < -0.39 is 0 Å². The van der Waals surface area contributed by atoms with E-state index in [0.29, 0.717) is 6.42 Å². The highest BCUT2D eigenvalue weighted by Gasteiger charge is 2.29. The summed E-state index contributed by atoms with van der Waals surface area (Å²) in [4.78, 5) is 12.6. The Morgan fingerprint density at radius 1 is 1.05 bits per heavy atom. The summed E-state index contributed by atoms with van der Waals surface area (Å²) in [7, 11) is 0. The molecular formula is C19H20O2. The van der Waals surface area contributed by atoms with Gasteiger partial charge in [0.15, 0.2) is 6.10 Å². The summed E-state index contributed by atoms with van der Waals surface area (Å²) in [6, 6.07) is 15.8. The third kappa shape index (κ3) is 2.71. The Labute approximate surface area is 125 Å². The minimum absolute atomic E-state index is 0.0617. The minimum atomic E-state index is -0.386. The van der Waals surface area contributed by atoms with Crippen molar-refractivity contribution in [3.8, 4) is 5.75 Å². The normalized spacial score (nSPS) is 17.2. The molecule has 0 bridgehead atoms. The van der Waals surface area contributed by atoms with E-state index >= 15 is 0 Å². The molecule has 2 aromatic rings. The molecule has 0 radical (unpaired) electrons. The van der Waals surface area contributed by atoms with Gasteiger partial charge in [0.1, 0.15) is 5.75 Å². The smallest absolute Gasteiger partial charge is 0.203 e. The van der Waals surface area contributed by atoms with Crippen LogP contribution in [0, 0.1) is 0 Å². The van der Waals surface area contributed by atoms with E-state index in [0.717, 1.165) is 16.9 Å². The third-order valence-corrected chi connectivity index (χ3v) is 3.98. The number of Topliss-reactive ketones (excluding diaryl/α,β-unsaturated/α-hetero) is 1. The Morgan fingerprint density at radius 3 is 2.33 bits per heavy atom. The average molecular weight is 280 g/mol. The molecule has 0 N–H and O–H groups in total. The van der Waals surface area contributed by atoms with Gasteiger partial charge in [0.2, 0.25) is 5.78 Å². The van der Waals surface area contributed by atoms with Gasteiger partial charge >= 0.3 is 0 Å². The van der Waals surface area contributed by atoms with Crippen molar-refractivity contribution in [1.82, 2.24) is 0 Å². The zero-order chi connectivity index (χ0) is 15.0. The molecule has 1 atom stereocenters. The van der Waals surface area contributed by atoms with Gasteiger partial charge in [-0.2, -0.15) is 0 Å². The Morgan fingerprint density at radius 2 is 1.71 bits per heavy atom. The average Bonchev–Trinajstić information content (AvgIpc) is 2.89. The van der Waals surface area contributed by atoms with E-state index in [1.165, 1.54) is 5.56 Å². The van der Waals surface area contributed by atoms with Crippen LogP contribution in [-0.2, 0) is 11.8 Å². The summed E-state index contributed by atoms with van der Waals surface area (Å²) in [6.45, 7) is 6.50. The number of hydrogen-bond donors (Lipinski definition) is 0. The quantitative estimate of drug-likeness (QED) is 0.772. The number of rotatable bonds is 2. The highest BCUT2D eigenvalue weighted by atomic mass is 16.5. The summed E-state index contributed by atoms with van der Waals surface area (Å²) < 4.78 is 5.77. The molecule has 2 aromatic carbocycles. The number of ketones is 1. The number of para-hydroxylation sites is 1. The number of carbonyl (C=O) groups excluding carboxylic acids is 1. The molecule has 0 aromatic heterocycles. The minimum Gasteiger partial charge on any atom is -0.482 e. The molecule has 0 spiro atoms. The monoisotopic (exact) mass is 280 g/mol. The molecule has 1 unspecified atom stereocenters. The lowest BCUT2D eigenvalue weighted by Gasteiger charge is -2.19. The molecule has 1 aliphatic rings. The molecule has 0 amide bonds. The molecule has 21 heavy (non-hydrogen) atoms. The highest BCUT2D eigenvalue weighted by Crippen LogP contribution is 2.30. The maximum absolute atomic E-state index is 12.6. The fourth-order valence-electron chi connectivity index (χ4n) is 2.65. The van der Waals surface area contributed by atoms with Crippen LogP contribution in [0.4, 0.5) is 0 Å². The summed E-state index contributed by atoms with van der Waals surface area (Å²) in [5.74, 6) is 0.897. The van der Waals surface area contributed by atoms with Gasteiger partial charge < -0.3 is 4.74 Å². The standard InChI is InChI=1S/C19H20O2/c1-19(2,3)15-10-8-13(9-11-15)18(20)17-12-14-6-4-5-7-16(14)21-17/h4-11,17H,12H2,1-3H3. The zero-order valence-electron chi connectivity index (χ0n) is 12.7. The van der Waals surface area contributed by atoms with Crippen molar-refractivity contribution in [3.05, 3.63) is 65.2 Å². The molecule has 0 saturated carbocycles. The SMILES string of the molecule is CC(C)(C)c1ccc(C(=O)C2Cc3ccccc3O2)cc1. The largest absolute Gasteiger partial charge is 0.482 e. The van der Waals surface area contributed by atoms with Gasteiger partial charge in [0, 0.05) is 12.0 Å². The summed E-state index contributed by atoms with van der Waals surface area (Å²) in [6.07, 6.45) is 0.277. The number of fused-ring (bicyclic) bond motifs is 1. The Bertz CT molecular complexity index is 638. The molecule has 3 rings (SSSR count). The van der Waals surface area contributed by atoms with E-state index in [-0.39, 0.29) is 17.3 Å². The van der Waals surface area contributed by atoms with E-state index in [4.69, 9.17) is 4.74 Å². The molecule has 1 aliphatic heterocycles. The highest BCUT2D eigenvalue weighted by molar-refractivity contribution is 6.00. The predicted octanol–water partition coefficient (Wildman–Crippen LogP) is 4.17. The van der Waals surface area contributed by atoms with Crippen LogP contribution in [0.3, 0.4) is 0 Å². The Hall–Kier alpha value is -2.09.